The lowest BCUT2D eigenvalue weighted by Crippen LogP contribution is -2.48. The van der Waals surface area contributed by atoms with Crippen molar-refractivity contribution in [3.05, 3.63) is 0 Å². The van der Waals surface area contributed by atoms with E-state index in [4.69, 9.17) is 4.74 Å². The molecule has 3 aliphatic rings. The minimum absolute atomic E-state index is 0.270. The smallest absolute Gasteiger partial charge is 0.0733 e. The molecule has 0 bridgehead atoms. The van der Waals surface area contributed by atoms with Gasteiger partial charge in [0.25, 0.3) is 0 Å². The molecule has 0 amide bonds. The molecular weight excluding hydrogens is 184 g/mol. The Morgan fingerprint density at radius 2 is 1.73 bits per heavy atom. The first-order valence-corrected chi connectivity index (χ1v) is 6.86. The Morgan fingerprint density at radius 1 is 1.00 bits per heavy atom. The molecule has 0 aromatic heterocycles. The fraction of sp³-hybridized carbons (Fsp3) is 1.00. The molecule has 1 spiro atoms. The SMILES string of the molecule is C[C@@H]1CCC[C@H](C)C12CC[C@H]1C[C@@H]1CO2. The van der Waals surface area contributed by atoms with Crippen molar-refractivity contribution in [1.29, 1.82) is 0 Å². The minimum atomic E-state index is 0.270. The Kier molecular flexibility index (Phi) is 2.35. The maximum atomic E-state index is 6.41. The quantitative estimate of drug-likeness (QED) is 0.590. The Morgan fingerprint density at radius 3 is 2.47 bits per heavy atom. The fourth-order valence-electron chi connectivity index (χ4n) is 4.10. The number of ether oxygens (including phenoxy) is 1. The summed E-state index contributed by atoms with van der Waals surface area (Å²) in [4.78, 5) is 0. The van der Waals surface area contributed by atoms with Gasteiger partial charge in [0.15, 0.2) is 0 Å². The zero-order valence-electron chi connectivity index (χ0n) is 10.2. The third kappa shape index (κ3) is 1.54. The van der Waals surface area contributed by atoms with E-state index in [1.54, 1.807) is 0 Å². The molecular formula is C14H24O. The van der Waals surface area contributed by atoms with Gasteiger partial charge < -0.3 is 4.74 Å². The van der Waals surface area contributed by atoms with E-state index in [1.165, 1.54) is 38.5 Å². The van der Waals surface area contributed by atoms with Gasteiger partial charge in [-0.25, -0.2) is 0 Å². The van der Waals surface area contributed by atoms with E-state index in [0.717, 1.165) is 30.3 Å². The van der Waals surface area contributed by atoms with Gasteiger partial charge in [-0.1, -0.05) is 20.3 Å². The van der Waals surface area contributed by atoms with Crippen molar-refractivity contribution >= 4 is 0 Å². The Labute approximate surface area is 93.6 Å². The zero-order chi connectivity index (χ0) is 10.5. The second-order valence-electron chi connectivity index (χ2n) is 6.29. The van der Waals surface area contributed by atoms with Crippen molar-refractivity contribution in [2.24, 2.45) is 23.7 Å². The molecule has 2 aliphatic carbocycles. The summed E-state index contributed by atoms with van der Waals surface area (Å²) in [6.45, 7) is 5.92. The van der Waals surface area contributed by atoms with Crippen LogP contribution < -0.4 is 0 Å². The van der Waals surface area contributed by atoms with Crippen LogP contribution in [0, 0.1) is 23.7 Å². The standard InChI is InChI=1S/C14H24O/c1-10-4-3-5-11(2)14(10)7-6-12-8-13(12)9-15-14/h10-13H,3-9H2,1-2H3/t10-,11+,12-,13+,14?/m0/s1. The molecule has 15 heavy (non-hydrogen) atoms. The summed E-state index contributed by atoms with van der Waals surface area (Å²) in [5.41, 5.74) is 0.270. The molecule has 2 saturated carbocycles. The third-order valence-corrected chi connectivity index (χ3v) is 5.48. The first-order chi connectivity index (χ1) is 7.22. The summed E-state index contributed by atoms with van der Waals surface area (Å²) in [7, 11) is 0. The van der Waals surface area contributed by atoms with Gasteiger partial charge in [0.05, 0.1) is 12.2 Å². The van der Waals surface area contributed by atoms with Gasteiger partial charge in [0.2, 0.25) is 0 Å². The fourth-order valence-corrected chi connectivity index (χ4v) is 4.10. The maximum absolute atomic E-state index is 6.41. The van der Waals surface area contributed by atoms with E-state index in [0.29, 0.717) is 0 Å². The molecule has 0 N–H and O–H groups in total. The molecule has 5 atom stereocenters. The van der Waals surface area contributed by atoms with Crippen LogP contribution >= 0.6 is 0 Å². The lowest BCUT2D eigenvalue weighted by Gasteiger charge is -2.47. The van der Waals surface area contributed by atoms with E-state index in [9.17, 15) is 0 Å². The first kappa shape index (κ1) is 10.1. The van der Waals surface area contributed by atoms with Crippen LogP contribution in [0.5, 0.6) is 0 Å². The van der Waals surface area contributed by atoms with Crippen LogP contribution in [0.2, 0.25) is 0 Å². The molecule has 0 radical (unpaired) electrons. The van der Waals surface area contributed by atoms with Crippen molar-refractivity contribution in [2.45, 2.75) is 58.0 Å². The highest BCUT2D eigenvalue weighted by atomic mass is 16.5. The summed E-state index contributed by atoms with van der Waals surface area (Å²) in [5, 5.41) is 0. The molecule has 0 aromatic rings. The Hall–Kier alpha value is -0.0400. The summed E-state index contributed by atoms with van der Waals surface area (Å²) in [6, 6.07) is 0. The average molecular weight is 208 g/mol. The normalized spacial score (nSPS) is 54.8. The van der Waals surface area contributed by atoms with E-state index in [2.05, 4.69) is 13.8 Å². The summed E-state index contributed by atoms with van der Waals surface area (Å²) < 4.78 is 6.41. The third-order valence-electron chi connectivity index (χ3n) is 5.48. The minimum Gasteiger partial charge on any atom is -0.374 e. The van der Waals surface area contributed by atoms with Gasteiger partial charge in [0.1, 0.15) is 0 Å². The topological polar surface area (TPSA) is 9.23 Å². The van der Waals surface area contributed by atoms with Gasteiger partial charge in [-0.05, 0) is 55.8 Å². The zero-order valence-corrected chi connectivity index (χ0v) is 10.2. The van der Waals surface area contributed by atoms with E-state index in [-0.39, 0.29) is 5.60 Å². The highest BCUT2D eigenvalue weighted by Crippen LogP contribution is 2.53. The highest BCUT2D eigenvalue weighted by Gasteiger charge is 2.50. The van der Waals surface area contributed by atoms with E-state index >= 15 is 0 Å². The van der Waals surface area contributed by atoms with Gasteiger partial charge in [-0.2, -0.15) is 0 Å². The van der Waals surface area contributed by atoms with Crippen LogP contribution in [0.15, 0.2) is 0 Å². The molecule has 1 unspecified atom stereocenters. The molecule has 1 nitrogen and oxygen atoms in total. The predicted molar refractivity (Wildman–Crippen MR) is 61.7 cm³/mol. The number of hydrogen-bond donors (Lipinski definition) is 0. The highest BCUT2D eigenvalue weighted by molar-refractivity contribution is 5.00. The van der Waals surface area contributed by atoms with E-state index in [1.807, 2.05) is 0 Å². The van der Waals surface area contributed by atoms with Crippen LogP contribution in [0.4, 0.5) is 0 Å². The molecule has 3 fully saturated rings. The average Bonchev–Trinajstić information content (AvgIpc) is 2.94. The van der Waals surface area contributed by atoms with E-state index < -0.39 is 0 Å². The van der Waals surface area contributed by atoms with Crippen molar-refractivity contribution in [1.82, 2.24) is 0 Å². The predicted octanol–water partition coefficient (Wildman–Crippen LogP) is 3.63. The first-order valence-electron chi connectivity index (χ1n) is 6.86. The van der Waals surface area contributed by atoms with Crippen LogP contribution in [-0.2, 0) is 4.74 Å². The molecule has 1 heterocycles. The summed E-state index contributed by atoms with van der Waals surface area (Å²) >= 11 is 0. The molecule has 1 heteroatoms. The van der Waals surface area contributed by atoms with Crippen LogP contribution in [-0.4, -0.2) is 12.2 Å². The van der Waals surface area contributed by atoms with Gasteiger partial charge in [0, 0.05) is 0 Å². The lowest BCUT2D eigenvalue weighted by atomic mass is 9.67. The van der Waals surface area contributed by atoms with Crippen molar-refractivity contribution in [2.75, 3.05) is 6.61 Å². The van der Waals surface area contributed by atoms with Crippen molar-refractivity contribution in [3.63, 3.8) is 0 Å². The number of fused-ring (bicyclic) bond motifs is 1. The summed E-state index contributed by atoms with van der Waals surface area (Å²) in [5.74, 6) is 3.55. The molecule has 0 aromatic carbocycles. The lowest BCUT2D eigenvalue weighted by molar-refractivity contribution is -0.139. The summed E-state index contributed by atoms with van der Waals surface area (Å²) in [6.07, 6.45) is 8.44. The van der Waals surface area contributed by atoms with Gasteiger partial charge in [-0.3, -0.25) is 0 Å². The Bertz CT molecular complexity index is 224. The van der Waals surface area contributed by atoms with Gasteiger partial charge in [-0.15, -0.1) is 0 Å². The van der Waals surface area contributed by atoms with Crippen molar-refractivity contribution in [3.8, 4) is 0 Å². The second kappa shape index (κ2) is 3.48. The Balaban J connectivity index is 1.79. The molecule has 1 saturated heterocycles. The van der Waals surface area contributed by atoms with Crippen LogP contribution in [0.1, 0.15) is 52.4 Å². The number of rotatable bonds is 0. The van der Waals surface area contributed by atoms with Crippen molar-refractivity contribution < 1.29 is 4.74 Å². The monoisotopic (exact) mass is 208 g/mol. The van der Waals surface area contributed by atoms with Crippen LogP contribution in [0.3, 0.4) is 0 Å². The second-order valence-corrected chi connectivity index (χ2v) is 6.29. The molecule has 3 rings (SSSR count). The van der Waals surface area contributed by atoms with Gasteiger partial charge >= 0.3 is 0 Å². The largest absolute Gasteiger partial charge is 0.374 e. The van der Waals surface area contributed by atoms with Crippen LogP contribution in [0.25, 0.3) is 0 Å². The number of hydrogen-bond acceptors (Lipinski definition) is 1. The molecule has 86 valence electrons. The molecule has 1 aliphatic heterocycles. The maximum Gasteiger partial charge on any atom is 0.0733 e.